The Bertz CT molecular complexity index is 366. The third-order valence-electron chi connectivity index (χ3n) is 3.80. The van der Waals surface area contributed by atoms with Crippen molar-refractivity contribution in [2.24, 2.45) is 5.84 Å². The monoisotopic (exact) mass is 234 g/mol. The summed E-state index contributed by atoms with van der Waals surface area (Å²) < 4.78 is 0. The number of likely N-dealkylation sites (tertiary alicyclic amines) is 1. The molecule has 4 nitrogen and oxygen atoms in total. The third kappa shape index (κ3) is 2.58. The number of nitrogens with two attached hydrogens (primary N) is 1. The molecule has 1 saturated heterocycles. The SMILES string of the molecule is CCC1CCC(C)N1Cc1cccnc1NN. The molecule has 2 unspecified atom stereocenters. The molecule has 1 aliphatic heterocycles. The number of nitrogens with zero attached hydrogens (tertiary/aromatic N) is 2. The van der Waals surface area contributed by atoms with Gasteiger partial charge in [-0.05, 0) is 32.3 Å². The van der Waals surface area contributed by atoms with E-state index in [1.165, 1.54) is 24.8 Å². The van der Waals surface area contributed by atoms with E-state index in [0.29, 0.717) is 12.1 Å². The number of hydrogen-bond acceptors (Lipinski definition) is 4. The minimum Gasteiger partial charge on any atom is -0.308 e. The summed E-state index contributed by atoms with van der Waals surface area (Å²) in [6.07, 6.45) is 5.59. The highest BCUT2D eigenvalue weighted by Crippen LogP contribution is 2.28. The first-order valence-electron chi connectivity index (χ1n) is 6.42. The van der Waals surface area contributed by atoms with Crippen LogP contribution in [0.5, 0.6) is 0 Å². The number of anilines is 1. The molecular formula is C13H22N4. The molecule has 94 valence electrons. The summed E-state index contributed by atoms with van der Waals surface area (Å²) in [5.74, 6) is 6.29. The zero-order chi connectivity index (χ0) is 12.3. The lowest BCUT2D eigenvalue weighted by atomic mass is 10.1. The summed E-state index contributed by atoms with van der Waals surface area (Å²) in [5, 5.41) is 0. The highest BCUT2D eigenvalue weighted by molar-refractivity contribution is 5.42. The van der Waals surface area contributed by atoms with Crippen LogP contribution in [0.3, 0.4) is 0 Å². The molecule has 2 atom stereocenters. The summed E-state index contributed by atoms with van der Waals surface area (Å²) in [7, 11) is 0. The molecule has 0 aromatic carbocycles. The Kier molecular flexibility index (Phi) is 3.97. The van der Waals surface area contributed by atoms with Crippen LogP contribution in [0.2, 0.25) is 0 Å². The van der Waals surface area contributed by atoms with E-state index in [9.17, 15) is 0 Å². The summed E-state index contributed by atoms with van der Waals surface area (Å²) in [6, 6.07) is 5.43. The van der Waals surface area contributed by atoms with E-state index in [4.69, 9.17) is 5.84 Å². The van der Waals surface area contributed by atoms with Crippen LogP contribution in [0.15, 0.2) is 18.3 Å². The molecule has 1 aliphatic rings. The molecule has 0 radical (unpaired) electrons. The van der Waals surface area contributed by atoms with Crippen molar-refractivity contribution < 1.29 is 0 Å². The van der Waals surface area contributed by atoms with Gasteiger partial charge in [-0.25, -0.2) is 10.8 Å². The van der Waals surface area contributed by atoms with Crippen LogP contribution in [0, 0.1) is 0 Å². The van der Waals surface area contributed by atoms with Gasteiger partial charge >= 0.3 is 0 Å². The zero-order valence-corrected chi connectivity index (χ0v) is 10.7. The lowest BCUT2D eigenvalue weighted by molar-refractivity contribution is 0.190. The topological polar surface area (TPSA) is 54.2 Å². The van der Waals surface area contributed by atoms with Gasteiger partial charge in [0.05, 0.1) is 0 Å². The van der Waals surface area contributed by atoms with Gasteiger partial charge in [0, 0.05) is 30.4 Å². The molecule has 3 N–H and O–H groups in total. The quantitative estimate of drug-likeness (QED) is 0.619. The average Bonchev–Trinajstić information content (AvgIpc) is 2.71. The molecule has 0 aliphatic carbocycles. The van der Waals surface area contributed by atoms with Crippen LogP contribution in [0.4, 0.5) is 5.82 Å². The first-order valence-corrected chi connectivity index (χ1v) is 6.42. The zero-order valence-electron chi connectivity index (χ0n) is 10.7. The summed E-state index contributed by atoms with van der Waals surface area (Å²) >= 11 is 0. The summed E-state index contributed by atoms with van der Waals surface area (Å²) in [4.78, 5) is 6.82. The highest BCUT2D eigenvalue weighted by atomic mass is 15.3. The van der Waals surface area contributed by atoms with Crippen LogP contribution >= 0.6 is 0 Å². The van der Waals surface area contributed by atoms with Crippen molar-refractivity contribution in [3.8, 4) is 0 Å². The standard InChI is InChI=1S/C13H22N4/c1-3-12-7-6-10(2)17(12)9-11-5-4-8-15-13(11)16-14/h4-5,8,10,12H,3,6-7,9,14H2,1-2H3,(H,15,16). The molecular weight excluding hydrogens is 212 g/mol. The van der Waals surface area contributed by atoms with Crippen LogP contribution in [-0.4, -0.2) is 22.0 Å². The van der Waals surface area contributed by atoms with E-state index < -0.39 is 0 Å². The number of hydrogen-bond donors (Lipinski definition) is 2. The van der Waals surface area contributed by atoms with Gasteiger partial charge in [-0.1, -0.05) is 13.0 Å². The predicted molar refractivity (Wildman–Crippen MR) is 70.4 cm³/mol. The van der Waals surface area contributed by atoms with Gasteiger partial charge in [-0.2, -0.15) is 0 Å². The maximum Gasteiger partial charge on any atom is 0.144 e. The van der Waals surface area contributed by atoms with E-state index in [2.05, 4.69) is 35.2 Å². The maximum atomic E-state index is 5.50. The van der Waals surface area contributed by atoms with Crippen molar-refractivity contribution in [2.75, 3.05) is 5.43 Å². The van der Waals surface area contributed by atoms with Gasteiger partial charge in [-0.3, -0.25) is 4.90 Å². The summed E-state index contributed by atoms with van der Waals surface area (Å²) in [6.45, 7) is 5.51. The van der Waals surface area contributed by atoms with E-state index in [1.807, 2.05) is 6.07 Å². The Morgan fingerprint density at radius 1 is 1.53 bits per heavy atom. The molecule has 1 fully saturated rings. The fourth-order valence-electron chi connectivity index (χ4n) is 2.74. The first kappa shape index (κ1) is 12.3. The lowest BCUT2D eigenvalue weighted by Gasteiger charge is -2.28. The second-order valence-corrected chi connectivity index (χ2v) is 4.82. The smallest absolute Gasteiger partial charge is 0.144 e. The van der Waals surface area contributed by atoms with Gasteiger partial charge in [0.25, 0.3) is 0 Å². The molecule has 2 rings (SSSR count). The molecule has 0 bridgehead atoms. The molecule has 2 heterocycles. The Labute approximate surface area is 103 Å². The van der Waals surface area contributed by atoms with E-state index in [1.54, 1.807) is 6.20 Å². The van der Waals surface area contributed by atoms with E-state index in [-0.39, 0.29) is 0 Å². The van der Waals surface area contributed by atoms with E-state index in [0.717, 1.165) is 12.4 Å². The number of pyridine rings is 1. The molecule has 1 aromatic rings. The second-order valence-electron chi connectivity index (χ2n) is 4.82. The fraction of sp³-hybridized carbons (Fsp3) is 0.615. The van der Waals surface area contributed by atoms with Gasteiger partial charge in [0.1, 0.15) is 5.82 Å². The van der Waals surface area contributed by atoms with Crippen LogP contribution < -0.4 is 11.3 Å². The van der Waals surface area contributed by atoms with Crippen molar-refractivity contribution >= 4 is 5.82 Å². The Morgan fingerprint density at radius 2 is 2.35 bits per heavy atom. The Morgan fingerprint density at radius 3 is 3.06 bits per heavy atom. The normalized spacial score (nSPS) is 25.1. The minimum atomic E-state index is 0.658. The Hall–Kier alpha value is -1.13. The number of nitrogen functional groups attached to an aromatic ring is 1. The molecule has 17 heavy (non-hydrogen) atoms. The van der Waals surface area contributed by atoms with Crippen molar-refractivity contribution in [3.63, 3.8) is 0 Å². The number of nitrogens with one attached hydrogen (secondary N) is 1. The number of hydrazine groups is 1. The van der Waals surface area contributed by atoms with Crippen LogP contribution in [0.25, 0.3) is 0 Å². The van der Waals surface area contributed by atoms with Gasteiger partial charge < -0.3 is 5.43 Å². The van der Waals surface area contributed by atoms with Crippen molar-refractivity contribution in [1.29, 1.82) is 0 Å². The van der Waals surface area contributed by atoms with Crippen LogP contribution in [0.1, 0.15) is 38.7 Å². The highest BCUT2D eigenvalue weighted by Gasteiger charge is 2.29. The third-order valence-corrected chi connectivity index (χ3v) is 3.80. The molecule has 0 saturated carbocycles. The molecule has 4 heteroatoms. The minimum absolute atomic E-state index is 0.658. The maximum absolute atomic E-state index is 5.50. The largest absolute Gasteiger partial charge is 0.308 e. The Balaban J connectivity index is 2.13. The predicted octanol–water partition coefficient (Wildman–Crippen LogP) is 2.13. The second kappa shape index (κ2) is 5.47. The average molecular weight is 234 g/mol. The summed E-state index contributed by atoms with van der Waals surface area (Å²) in [5.41, 5.74) is 3.86. The van der Waals surface area contributed by atoms with Crippen LogP contribution in [-0.2, 0) is 6.54 Å². The first-order chi connectivity index (χ1) is 8.26. The molecule has 1 aromatic heterocycles. The van der Waals surface area contributed by atoms with Gasteiger partial charge in [0.2, 0.25) is 0 Å². The van der Waals surface area contributed by atoms with E-state index >= 15 is 0 Å². The van der Waals surface area contributed by atoms with Crippen molar-refractivity contribution in [2.45, 2.75) is 51.7 Å². The lowest BCUT2D eigenvalue weighted by Crippen LogP contribution is -2.34. The number of rotatable bonds is 4. The molecule has 0 amide bonds. The fourth-order valence-corrected chi connectivity index (χ4v) is 2.74. The number of aromatic nitrogens is 1. The van der Waals surface area contributed by atoms with Gasteiger partial charge in [0.15, 0.2) is 0 Å². The van der Waals surface area contributed by atoms with Gasteiger partial charge in [-0.15, -0.1) is 0 Å². The van der Waals surface area contributed by atoms with Crippen molar-refractivity contribution in [1.82, 2.24) is 9.88 Å². The molecule has 0 spiro atoms. The van der Waals surface area contributed by atoms with Crippen molar-refractivity contribution in [3.05, 3.63) is 23.9 Å².